The quantitative estimate of drug-likeness (QED) is 0.819. The highest BCUT2D eigenvalue weighted by Gasteiger charge is 2.22. The SMILES string of the molecule is CSC(CO)C(C)NC(c1cccs1)c1cccs1. The van der Waals surface area contributed by atoms with Crippen molar-refractivity contribution < 1.29 is 5.11 Å². The Kier molecular flexibility index (Phi) is 5.91. The molecule has 19 heavy (non-hydrogen) atoms. The van der Waals surface area contributed by atoms with Gasteiger partial charge in [0, 0.05) is 21.0 Å². The second-order valence-electron chi connectivity index (χ2n) is 4.38. The third-order valence-corrected chi connectivity index (χ3v) is 6.16. The Morgan fingerprint density at radius 3 is 2.16 bits per heavy atom. The summed E-state index contributed by atoms with van der Waals surface area (Å²) in [7, 11) is 0. The van der Waals surface area contributed by atoms with Gasteiger partial charge in [-0.05, 0) is 36.1 Å². The summed E-state index contributed by atoms with van der Waals surface area (Å²) in [6, 6.07) is 9.00. The van der Waals surface area contributed by atoms with Crippen LogP contribution in [0.3, 0.4) is 0 Å². The highest BCUT2D eigenvalue weighted by molar-refractivity contribution is 7.99. The molecule has 0 amide bonds. The van der Waals surface area contributed by atoms with Crippen molar-refractivity contribution in [2.24, 2.45) is 0 Å². The molecule has 0 fully saturated rings. The zero-order valence-electron chi connectivity index (χ0n) is 11.1. The third-order valence-electron chi connectivity index (χ3n) is 3.13. The van der Waals surface area contributed by atoms with Crippen LogP contribution in [0.15, 0.2) is 35.0 Å². The van der Waals surface area contributed by atoms with Crippen molar-refractivity contribution in [2.45, 2.75) is 24.3 Å². The van der Waals surface area contributed by atoms with E-state index in [4.69, 9.17) is 0 Å². The van der Waals surface area contributed by atoms with Crippen LogP contribution in [0.25, 0.3) is 0 Å². The molecule has 0 saturated carbocycles. The Bertz CT molecular complexity index is 417. The van der Waals surface area contributed by atoms with Crippen LogP contribution in [0.5, 0.6) is 0 Å². The van der Waals surface area contributed by atoms with Crippen molar-refractivity contribution in [3.8, 4) is 0 Å². The smallest absolute Gasteiger partial charge is 0.0767 e. The molecule has 2 heterocycles. The predicted octanol–water partition coefficient (Wildman–Crippen LogP) is 3.60. The fraction of sp³-hybridized carbons (Fsp3) is 0.429. The number of aliphatic hydroxyl groups excluding tert-OH is 1. The lowest BCUT2D eigenvalue weighted by Gasteiger charge is -2.26. The van der Waals surface area contributed by atoms with Gasteiger partial charge in [-0.3, -0.25) is 0 Å². The summed E-state index contributed by atoms with van der Waals surface area (Å²) in [6.45, 7) is 2.35. The molecule has 0 bridgehead atoms. The first-order chi connectivity index (χ1) is 9.26. The van der Waals surface area contributed by atoms with Crippen LogP contribution in [0.4, 0.5) is 0 Å². The Morgan fingerprint density at radius 2 is 1.79 bits per heavy atom. The van der Waals surface area contributed by atoms with Crippen LogP contribution in [0.2, 0.25) is 0 Å². The van der Waals surface area contributed by atoms with E-state index >= 15 is 0 Å². The van der Waals surface area contributed by atoms with E-state index < -0.39 is 0 Å². The van der Waals surface area contributed by atoms with Crippen LogP contribution >= 0.6 is 34.4 Å². The molecular weight excluding hydrogens is 294 g/mol. The molecule has 0 spiro atoms. The first-order valence-electron chi connectivity index (χ1n) is 6.22. The molecule has 0 aliphatic heterocycles. The van der Waals surface area contributed by atoms with Crippen LogP contribution < -0.4 is 5.32 Å². The maximum Gasteiger partial charge on any atom is 0.0767 e. The minimum absolute atomic E-state index is 0.205. The van der Waals surface area contributed by atoms with Crippen LogP contribution in [0.1, 0.15) is 22.7 Å². The molecule has 5 heteroatoms. The van der Waals surface area contributed by atoms with E-state index in [0.717, 1.165) is 0 Å². The lowest BCUT2D eigenvalue weighted by atomic mass is 10.1. The Morgan fingerprint density at radius 1 is 1.21 bits per heavy atom. The van der Waals surface area contributed by atoms with Crippen molar-refractivity contribution in [3.63, 3.8) is 0 Å². The molecule has 0 aliphatic carbocycles. The van der Waals surface area contributed by atoms with Crippen molar-refractivity contribution in [3.05, 3.63) is 44.8 Å². The highest BCUT2D eigenvalue weighted by Crippen LogP contribution is 2.30. The van der Waals surface area contributed by atoms with E-state index in [1.54, 1.807) is 34.4 Å². The number of nitrogens with one attached hydrogen (secondary N) is 1. The Hall–Kier alpha value is -0.330. The summed E-state index contributed by atoms with van der Waals surface area (Å²) in [5.41, 5.74) is 0. The van der Waals surface area contributed by atoms with Gasteiger partial charge in [0.05, 0.1) is 12.6 Å². The second-order valence-corrected chi connectivity index (χ2v) is 7.41. The highest BCUT2D eigenvalue weighted by atomic mass is 32.2. The fourth-order valence-corrected chi connectivity index (χ4v) is 4.34. The van der Waals surface area contributed by atoms with E-state index in [1.165, 1.54) is 9.75 Å². The number of aliphatic hydroxyl groups is 1. The molecule has 2 aromatic rings. The largest absolute Gasteiger partial charge is 0.395 e. The average molecular weight is 314 g/mol. The predicted molar refractivity (Wildman–Crippen MR) is 87.5 cm³/mol. The monoisotopic (exact) mass is 313 g/mol. The molecule has 0 aromatic carbocycles. The number of rotatable bonds is 7. The number of hydrogen-bond donors (Lipinski definition) is 2. The van der Waals surface area contributed by atoms with Crippen molar-refractivity contribution in [2.75, 3.05) is 12.9 Å². The standard InChI is InChI=1S/C14H19NOS3/c1-10(13(9-16)17-2)15-14(11-5-3-7-18-11)12-6-4-8-19-12/h3-8,10,13-16H,9H2,1-2H3. The summed E-state index contributed by atoms with van der Waals surface area (Å²) in [5, 5.41) is 17.5. The second kappa shape index (κ2) is 7.45. The van der Waals surface area contributed by atoms with Crippen LogP contribution in [-0.2, 0) is 0 Å². The molecule has 0 saturated heterocycles. The summed E-state index contributed by atoms with van der Waals surface area (Å²) < 4.78 is 0. The van der Waals surface area contributed by atoms with Gasteiger partial charge in [-0.25, -0.2) is 0 Å². The van der Waals surface area contributed by atoms with E-state index in [9.17, 15) is 5.11 Å². The molecule has 2 unspecified atom stereocenters. The zero-order valence-corrected chi connectivity index (χ0v) is 13.5. The Balaban J connectivity index is 2.15. The van der Waals surface area contributed by atoms with Gasteiger partial charge < -0.3 is 10.4 Å². The minimum Gasteiger partial charge on any atom is -0.395 e. The molecule has 2 aromatic heterocycles. The molecule has 2 atom stereocenters. The summed E-state index contributed by atoms with van der Waals surface area (Å²) >= 11 is 5.25. The lowest BCUT2D eigenvalue weighted by molar-refractivity contribution is 0.273. The fourth-order valence-electron chi connectivity index (χ4n) is 2.02. The molecule has 2 rings (SSSR count). The zero-order chi connectivity index (χ0) is 13.7. The number of thiophene rings is 2. The number of thioether (sulfide) groups is 1. The van der Waals surface area contributed by atoms with Crippen LogP contribution in [-0.4, -0.2) is 29.3 Å². The van der Waals surface area contributed by atoms with Gasteiger partial charge in [0.25, 0.3) is 0 Å². The number of hydrogen-bond acceptors (Lipinski definition) is 5. The van der Waals surface area contributed by atoms with Crippen molar-refractivity contribution in [1.82, 2.24) is 5.32 Å². The van der Waals surface area contributed by atoms with E-state index in [-0.39, 0.29) is 23.9 Å². The summed E-state index contributed by atoms with van der Waals surface area (Å²) in [5.74, 6) is 0. The summed E-state index contributed by atoms with van der Waals surface area (Å²) in [4.78, 5) is 2.65. The van der Waals surface area contributed by atoms with Gasteiger partial charge in [-0.1, -0.05) is 12.1 Å². The molecule has 2 N–H and O–H groups in total. The molecule has 2 nitrogen and oxygen atoms in total. The van der Waals surface area contributed by atoms with Crippen molar-refractivity contribution >= 4 is 34.4 Å². The van der Waals surface area contributed by atoms with Gasteiger partial charge in [-0.15, -0.1) is 22.7 Å². The Labute approximate surface area is 126 Å². The van der Waals surface area contributed by atoms with Gasteiger partial charge in [0.2, 0.25) is 0 Å². The first-order valence-corrected chi connectivity index (χ1v) is 9.27. The molecule has 104 valence electrons. The van der Waals surface area contributed by atoms with Gasteiger partial charge in [-0.2, -0.15) is 11.8 Å². The first kappa shape index (κ1) is 15.1. The molecule has 0 radical (unpaired) electrons. The third kappa shape index (κ3) is 3.83. The normalized spacial score (nSPS) is 14.7. The maximum absolute atomic E-state index is 9.41. The maximum atomic E-state index is 9.41. The van der Waals surface area contributed by atoms with Crippen LogP contribution in [0, 0.1) is 0 Å². The molecule has 0 aliphatic rings. The van der Waals surface area contributed by atoms with E-state index in [2.05, 4.69) is 47.3 Å². The topological polar surface area (TPSA) is 32.3 Å². The van der Waals surface area contributed by atoms with E-state index in [0.29, 0.717) is 0 Å². The van der Waals surface area contributed by atoms with Gasteiger partial charge >= 0.3 is 0 Å². The molecular formula is C14H19NOS3. The minimum atomic E-state index is 0.205. The van der Waals surface area contributed by atoms with Crippen molar-refractivity contribution in [1.29, 1.82) is 0 Å². The average Bonchev–Trinajstić information content (AvgIpc) is 3.11. The summed E-state index contributed by atoms with van der Waals surface area (Å²) in [6.07, 6.45) is 2.05. The van der Waals surface area contributed by atoms with E-state index in [1.807, 2.05) is 6.26 Å². The van der Waals surface area contributed by atoms with Gasteiger partial charge in [0.1, 0.15) is 0 Å². The van der Waals surface area contributed by atoms with Gasteiger partial charge in [0.15, 0.2) is 0 Å². The lowest BCUT2D eigenvalue weighted by Crippen LogP contribution is -2.39.